The lowest BCUT2D eigenvalue weighted by atomic mass is 10.1. The summed E-state index contributed by atoms with van der Waals surface area (Å²) in [7, 11) is -9.86. The fourth-order valence-electron chi connectivity index (χ4n) is 1.92. The smallest absolute Gasteiger partial charge is 0.300 e. The van der Waals surface area contributed by atoms with Crippen molar-refractivity contribution >= 4 is 36.7 Å². The number of aromatic hydroxyl groups is 1. The predicted octanol–water partition coefficient (Wildman–Crippen LogP) is 0.621. The third-order valence-electron chi connectivity index (χ3n) is 2.65. The van der Waals surface area contributed by atoms with Crippen molar-refractivity contribution in [1.29, 1.82) is 0 Å². The molecule has 0 unspecified atom stereocenters. The van der Waals surface area contributed by atoms with E-state index in [1.54, 1.807) is 0 Å². The molecule has 2 aromatic rings. The van der Waals surface area contributed by atoms with Gasteiger partial charge in [0, 0.05) is 10.8 Å². The lowest BCUT2D eigenvalue weighted by Crippen LogP contribution is -2.10. The van der Waals surface area contributed by atoms with Crippen LogP contribution in [0, 0.1) is 0 Å². The van der Waals surface area contributed by atoms with Crippen molar-refractivity contribution in [3.8, 4) is 5.75 Å². The van der Waals surface area contributed by atoms with Crippen LogP contribution in [0.3, 0.4) is 0 Å². The maximum absolute atomic E-state index is 11.4. The quantitative estimate of drug-likeness (QED) is 0.463. The van der Waals surface area contributed by atoms with Crippen LogP contribution >= 0.6 is 0 Å². The average molecular weight is 319 g/mol. The number of hydrogen-bond acceptors (Lipinski definition) is 6. The molecular weight excluding hydrogens is 310 g/mol. The zero-order valence-corrected chi connectivity index (χ0v) is 11.3. The zero-order chi connectivity index (χ0) is 15.3. The van der Waals surface area contributed by atoms with Crippen LogP contribution in [0.5, 0.6) is 5.75 Å². The Kier molecular flexibility index (Phi) is 3.13. The summed E-state index contributed by atoms with van der Waals surface area (Å²) < 4.78 is 63.5. The van der Waals surface area contributed by atoms with E-state index in [0.717, 1.165) is 0 Å². The molecule has 0 fully saturated rings. The molecule has 0 aliphatic heterocycles. The van der Waals surface area contributed by atoms with E-state index in [1.165, 1.54) is 24.3 Å². The molecule has 0 aliphatic carbocycles. The van der Waals surface area contributed by atoms with Crippen LogP contribution < -0.4 is 5.73 Å². The average Bonchev–Trinajstić information content (AvgIpc) is 2.25. The van der Waals surface area contributed by atoms with Crippen LogP contribution in [0.1, 0.15) is 0 Å². The number of nitrogens with two attached hydrogens (primary N) is 1. The molecule has 0 atom stereocenters. The number of fused-ring (bicyclic) bond motifs is 1. The van der Waals surface area contributed by atoms with Crippen molar-refractivity contribution in [2.45, 2.75) is 9.79 Å². The minimum atomic E-state index is -4.99. The van der Waals surface area contributed by atoms with E-state index in [4.69, 9.17) is 10.3 Å². The minimum Gasteiger partial charge on any atom is -0.506 e. The molecule has 0 heterocycles. The summed E-state index contributed by atoms with van der Waals surface area (Å²) in [4.78, 5) is -2.05. The zero-order valence-electron chi connectivity index (χ0n) is 9.68. The summed E-state index contributed by atoms with van der Waals surface area (Å²) in [6.45, 7) is 0. The van der Waals surface area contributed by atoms with Crippen molar-refractivity contribution in [3.05, 3.63) is 24.3 Å². The maximum atomic E-state index is 11.4. The van der Waals surface area contributed by atoms with Gasteiger partial charge in [0.05, 0.1) is 5.69 Å². The van der Waals surface area contributed by atoms with Gasteiger partial charge in [-0.2, -0.15) is 16.8 Å². The first kappa shape index (κ1) is 14.5. The summed E-state index contributed by atoms with van der Waals surface area (Å²) in [5.74, 6) is -0.895. The molecule has 0 saturated heterocycles. The molecule has 0 saturated carbocycles. The summed E-state index contributed by atoms with van der Waals surface area (Å²) in [6, 6.07) is 5.25. The molecule has 2 rings (SSSR count). The normalized spacial score (nSPS) is 12.7. The first-order valence-electron chi connectivity index (χ1n) is 5.03. The number of phenolic OH excluding ortho intramolecular Hbond substituents is 1. The third-order valence-corrected chi connectivity index (χ3v) is 4.53. The topological polar surface area (TPSA) is 155 Å². The van der Waals surface area contributed by atoms with Gasteiger partial charge in [-0.25, -0.2) is 0 Å². The Balaban J connectivity index is 3.23. The molecule has 0 amide bonds. The van der Waals surface area contributed by atoms with Crippen molar-refractivity contribution in [2.24, 2.45) is 0 Å². The molecular formula is C10H9NO7S2. The Morgan fingerprint density at radius 2 is 1.30 bits per heavy atom. The fraction of sp³-hybridized carbons (Fsp3) is 0. The highest BCUT2D eigenvalue weighted by molar-refractivity contribution is 7.87. The highest BCUT2D eigenvalue weighted by Gasteiger charge is 2.30. The second-order valence-corrected chi connectivity index (χ2v) is 6.63. The Hall–Kier alpha value is -1.88. The molecule has 0 bridgehead atoms. The van der Waals surface area contributed by atoms with E-state index in [9.17, 15) is 26.5 Å². The van der Waals surface area contributed by atoms with E-state index in [2.05, 4.69) is 0 Å². The number of anilines is 1. The second-order valence-electron chi connectivity index (χ2n) is 3.92. The summed E-state index contributed by atoms with van der Waals surface area (Å²) >= 11 is 0. The number of rotatable bonds is 2. The van der Waals surface area contributed by atoms with Crippen LogP contribution in [-0.2, 0) is 20.2 Å². The predicted molar refractivity (Wildman–Crippen MR) is 69.7 cm³/mol. The van der Waals surface area contributed by atoms with Crippen molar-refractivity contribution < 1.29 is 31.0 Å². The first-order chi connectivity index (χ1) is 9.05. The third kappa shape index (κ3) is 2.18. The summed E-state index contributed by atoms with van der Waals surface area (Å²) in [5.41, 5.74) is 4.43. The van der Waals surface area contributed by atoms with Gasteiger partial charge in [-0.05, 0) is 0 Å². The van der Waals surface area contributed by atoms with Crippen molar-refractivity contribution in [3.63, 3.8) is 0 Å². The molecule has 0 radical (unpaired) electrons. The van der Waals surface area contributed by atoms with Crippen molar-refractivity contribution in [1.82, 2.24) is 0 Å². The fourth-order valence-corrected chi connectivity index (χ4v) is 3.56. The molecule has 8 nitrogen and oxygen atoms in total. The van der Waals surface area contributed by atoms with Gasteiger partial charge in [-0.1, -0.05) is 24.3 Å². The van der Waals surface area contributed by atoms with Gasteiger partial charge >= 0.3 is 0 Å². The van der Waals surface area contributed by atoms with E-state index >= 15 is 0 Å². The van der Waals surface area contributed by atoms with E-state index in [1.807, 2.05) is 0 Å². The van der Waals surface area contributed by atoms with Crippen molar-refractivity contribution in [2.75, 3.05) is 5.73 Å². The van der Waals surface area contributed by atoms with Gasteiger partial charge in [-0.3, -0.25) is 9.11 Å². The SMILES string of the molecule is Nc1c(S(=O)(=O)O)c(O)c2ccccc2c1S(=O)(=O)O. The largest absolute Gasteiger partial charge is 0.506 e. The van der Waals surface area contributed by atoms with E-state index in [0.29, 0.717) is 0 Å². The lowest BCUT2D eigenvalue weighted by Gasteiger charge is -2.13. The van der Waals surface area contributed by atoms with Gasteiger partial charge in [0.2, 0.25) is 0 Å². The number of hydrogen-bond donors (Lipinski definition) is 4. The highest BCUT2D eigenvalue weighted by atomic mass is 32.2. The molecule has 5 N–H and O–H groups in total. The summed E-state index contributed by atoms with van der Waals surface area (Å²) in [6.07, 6.45) is 0. The number of nitrogen functional groups attached to an aromatic ring is 1. The number of benzene rings is 2. The highest BCUT2D eigenvalue weighted by Crippen LogP contribution is 2.41. The van der Waals surface area contributed by atoms with Gasteiger partial charge in [0.1, 0.15) is 10.6 Å². The Morgan fingerprint density at radius 1 is 0.850 bits per heavy atom. The van der Waals surface area contributed by atoms with Crippen LogP contribution in [0.15, 0.2) is 34.1 Å². The Bertz CT molecular complexity index is 916. The van der Waals surface area contributed by atoms with Gasteiger partial charge in [-0.15, -0.1) is 0 Å². The minimum absolute atomic E-state index is 0.169. The van der Waals surface area contributed by atoms with Gasteiger partial charge < -0.3 is 10.8 Å². The lowest BCUT2D eigenvalue weighted by molar-refractivity contribution is 0.448. The molecule has 0 aromatic heterocycles. The first-order valence-corrected chi connectivity index (χ1v) is 7.91. The van der Waals surface area contributed by atoms with Crippen LogP contribution in [0.25, 0.3) is 10.8 Å². The Labute approximate surface area is 114 Å². The molecule has 2 aromatic carbocycles. The van der Waals surface area contributed by atoms with Gasteiger partial charge in [0.25, 0.3) is 20.2 Å². The van der Waals surface area contributed by atoms with Gasteiger partial charge in [0.15, 0.2) is 4.90 Å². The second kappa shape index (κ2) is 4.31. The van der Waals surface area contributed by atoms with Crippen LogP contribution in [0.2, 0.25) is 0 Å². The molecule has 0 aliphatic rings. The molecule has 20 heavy (non-hydrogen) atoms. The maximum Gasteiger partial charge on any atom is 0.300 e. The number of phenols is 1. The molecule has 0 spiro atoms. The summed E-state index contributed by atoms with van der Waals surface area (Å²) in [5, 5.41) is 9.50. The molecule has 108 valence electrons. The van der Waals surface area contributed by atoms with Crippen LogP contribution in [0.4, 0.5) is 5.69 Å². The molecule has 10 heteroatoms. The van der Waals surface area contributed by atoms with Crippen LogP contribution in [-0.4, -0.2) is 31.0 Å². The van der Waals surface area contributed by atoms with E-state index < -0.39 is 41.5 Å². The standard InChI is InChI=1S/C10H9NO7S2/c11-7-9(19(13,14)15)6-4-2-1-3-5(6)8(12)10(7)20(16,17)18/h1-4,12H,11H2,(H,13,14,15)(H,16,17,18). The van der Waals surface area contributed by atoms with E-state index in [-0.39, 0.29) is 10.8 Å². The Morgan fingerprint density at radius 3 is 1.75 bits per heavy atom. The monoisotopic (exact) mass is 319 g/mol.